The number of carbonyl (C=O) groups is 1. The molecule has 1 unspecified atom stereocenters. The second kappa shape index (κ2) is 7.60. The molecule has 0 saturated carbocycles. The summed E-state index contributed by atoms with van der Waals surface area (Å²) in [5.41, 5.74) is -0.159. The van der Waals surface area contributed by atoms with E-state index in [0.29, 0.717) is 13.2 Å². The van der Waals surface area contributed by atoms with Crippen molar-refractivity contribution in [3.63, 3.8) is 0 Å². The minimum absolute atomic E-state index is 0.159. The molecule has 0 aliphatic heterocycles. The Morgan fingerprint density at radius 2 is 1.94 bits per heavy atom. The van der Waals surface area contributed by atoms with Gasteiger partial charge >= 0.3 is 5.97 Å². The first-order valence-corrected chi connectivity index (χ1v) is 5.37. The molecule has 0 bridgehead atoms. The number of ether oxygens (including phenoxy) is 3. The van der Waals surface area contributed by atoms with Crippen LogP contribution >= 0.6 is 0 Å². The van der Waals surface area contributed by atoms with Crippen molar-refractivity contribution in [1.82, 2.24) is 5.32 Å². The van der Waals surface area contributed by atoms with Crippen molar-refractivity contribution in [1.29, 1.82) is 0 Å². The van der Waals surface area contributed by atoms with Crippen LogP contribution in [0.2, 0.25) is 0 Å². The minimum Gasteiger partial charge on any atom is -0.468 e. The van der Waals surface area contributed by atoms with Gasteiger partial charge in [0.2, 0.25) is 0 Å². The highest BCUT2D eigenvalue weighted by atomic mass is 16.5. The molecule has 0 fully saturated rings. The number of likely N-dealkylation sites (N-methyl/N-ethyl adjacent to an activating group) is 1. The van der Waals surface area contributed by atoms with Crippen molar-refractivity contribution >= 4 is 5.97 Å². The Hall–Kier alpha value is -0.650. The molecule has 0 spiro atoms. The lowest BCUT2D eigenvalue weighted by Gasteiger charge is -2.20. The standard InChI is InChI=1S/C11H23NO4/c1-11(2,3)16-7-6-15-8-9(12-4)10(13)14-5/h9,12H,6-8H2,1-5H3. The number of methoxy groups -OCH3 is 1. The third-order valence-electron chi connectivity index (χ3n) is 1.88. The van der Waals surface area contributed by atoms with Crippen LogP contribution in [0.1, 0.15) is 20.8 Å². The molecule has 0 aliphatic rings. The molecule has 0 aromatic carbocycles. The van der Waals surface area contributed by atoms with Crippen LogP contribution in [0.25, 0.3) is 0 Å². The Labute approximate surface area is 97.4 Å². The average molecular weight is 233 g/mol. The summed E-state index contributed by atoms with van der Waals surface area (Å²) in [6.07, 6.45) is 0. The summed E-state index contributed by atoms with van der Waals surface area (Å²) in [5.74, 6) is -0.320. The van der Waals surface area contributed by atoms with Crippen molar-refractivity contribution < 1.29 is 19.0 Å². The molecule has 96 valence electrons. The maximum atomic E-state index is 11.2. The summed E-state index contributed by atoms with van der Waals surface area (Å²) in [6, 6.07) is -0.417. The second-order valence-corrected chi connectivity index (χ2v) is 4.40. The Morgan fingerprint density at radius 1 is 1.31 bits per heavy atom. The highest BCUT2D eigenvalue weighted by molar-refractivity contribution is 5.75. The van der Waals surface area contributed by atoms with Gasteiger partial charge in [-0.2, -0.15) is 0 Å². The predicted octanol–water partition coefficient (Wildman–Crippen LogP) is 0.579. The Morgan fingerprint density at radius 3 is 2.38 bits per heavy atom. The number of carbonyl (C=O) groups excluding carboxylic acids is 1. The monoisotopic (exact) mass is 233 g/mol. The first kappa shape index (κ1) is 15.3. The Balaban J connectivity index is 3.60. The van der Waals surface area contributed by atoms with Gasteiger partial charge in [0.1, 0.15) is 6.04 Å². The highest BCUT2D eigenvalue weighted by Gasteiger charge is 2.16. The zero-order valence-corrected chi connectivity index (χ0v) is 10.8. The molecule has 0 aromatic rings. The first-order valence-electron chi connectivity index (χ1n) is 5.37. The molecule has 0 heterocycles. The highest BCUT2D eigenvalue weighted by Crippen LogP contribution is 2.05. The van der Waals surface area contributed by atoms with Gasteiger partial charge in [0.25, 0.3) is 0 Å². The van der Waals surface area contributed by atoms with Gasteiger partial charge < -0.3 is 19.5 Å². The molecule has 0 radical (unpaired) electrons. The molecule has 0 aromatic heterocycles. The molecule has 0 amide bonds. The van der Waals surface area contributed by atoms with Gasteiger partial charge in [0.15, 0.2) is 0 Å². The Bertz CT molecular complexity index is 201. The van der Waals surface area contributed by atoms with E-state index < -0.39 is 6.04 Å². The Kier molecular flexibility index (Phi) is 7.29. The lowest BCUT2D eigenvalue weighted by atomic mass is 10.2. The van der Waals surface area contributed by atoms with Crippen LogP contribution in [0.4, 0.5) is 0 Å². The van der Waals surface area contributed by atoms with Crippen LogP contribution in [0.3, 0.4) is 0 Å². The van der Waals surface area contributed by atoms with Gasteiger partial charge in [-0.25, -0.2) is 0 Å². The summed E-state index contributed by atoms with van der Waals surface area (Å²) in [4.78, 5) is 11.2. The van der Waals surface area contributed by atoms with Crippen molar-refractivity contribution in [2.24, 2.45) is 0 Å². The van der Waals surface area contributed by atoms with Crippen LogP contribution in [0, 0.1) is 0 Å². The predicted molar refractivity (Wildman–Crippen MR) is 61.4 cm³/mol. The largest absolute Gasteiger partial charge is 0.468 e. The molecule has 0 rings (SSSR count). The van der Waals surface area contributed by atoms with E-state index in [1.165, 1.54) is 7.11 Å². The molecule has 16 heavy (non-hydrogen) atoms. The van der Waals surface area contributed by atoms with Crippen LogP contribution in [-0.2, 0) is 19.0 Å². The summed E-state index contributed by atoms with van der Waals surface area (Å²) in [5, 5.41) is 2.82. The fourth-order valence-electron chi connectivity index (χ4n) is 1.02. The number of hydrogen-bond acceptors (Lipinski definition) is 5. The molecule has 0 saturated heterocycles. The van der Waals surface area contributed by atoms with Crippen LogP contribution in [0.5, 0.6) is 0 Å². The number of nitrogens with one attached hydrogen (secondary N) is 1. The quantitative estimate of drug-likeness (QED) is 0.515. The maximum absolute atomic E-state index is 11.2. The van der Waals surface area contributed by atoms with Crippen LogP contribution in [0.15, 0.2) is 0 Å². The summed E-state index contributed by atoms with van der Waals surface area (Å²) in [7, 11) is 3.05. The minimum atomic E-state index is -0.417. The third-order valence-corrected chi connectivity index (χ3v) is 1.88. The fourth-order valence-corrected chi connectivity index (χ4v) is 1.02. The molecule has 1 atom stereocenters. The molecular formula is C11H23NO4. The average Bonchev–Trinajstić information content (AvgIpc) is 2.21. The van der Waals surface area contributed by atoms with E-state index in [1.54, 1.807) is 7.05 Å². The zero-order valence-electron chi connectivity index (χ0n) is 10.8. The molecule has 0 aliphatic carbocycles. The second-order valence-electron chi connectivity index (χ2n) is 4.40. The summed E-state index contributed by atoms with van der Waals surface area (Å²) < 4.78 is 15.4. The SMILES string of the molecule is CNC(COCCOC(C)(C)C)C(=O)OC. The van der Waals surface area contributed by atoms with E-state index >= 15 is 0 Å². The summed E-state index contributed by atoms with van der Waals surface area (Å²) in [6.45, 7) is 7.22. The third kappa shape index (κ3) is 7.62. The number of hydrogen-bond donors (Lipinski definition) is 1. The van der Waals surface area contributed by atoms with E-state index in [0.717, 1.165) is 0 Å². The van der Waals surface area contributed by atoms with Crippen molar-refractivity contribution in [3.8, 4) is 0 Å². The van der Waals surface area contributed by atoms with Crippen molar-refractivity contribution in [2.45, 2.75) is 32.4 Å². The fraction of sp³-hybridized carbons (Fsp3) is 0.909. The topological polar surface area (TPSA) is 56.8 Å². The van der Waals surface area contributed by atoms with Gasteiger partial charge in [-0.15, -0.1) is 0 Å². The lowest BCUT2D eigenvalue weighted by Crippen LogP contribution is -2.39. The summed E-state index contributed by atoms with van der Waals surface area (Å²) >= 11 is 0. The zero-order chi connectivity index (χ0) is 12.6. The van der Waals surface area contributed by atoms with E-state index in [1.807, 2.05) is 20.8 Å². The molecule has 5 nitrogen and oxygen atoms in total. The van der Waals surface area contributed by atoms with Gasteiger partial charge in [-0.3, -0.25) is 4.79 Å². The van der Waals surface area contributed by atoms with Gasteiger partial charge in [0.05, 0.1) is 32.5 Å². The molecular weight excluding hydrogens is 210 g/mol. The molecule has 1 N–H and O–H groups in total. The molecule has 5 heteroatoms. The van der Waals surface area contributed by atoms with Crippen molar-refractivity contribution in [2.75, 3.05) is 34.0 Å². The first-order chi connectivity index (χ1) is 7.40. The van der Waals surface area contributed by atoms with E-state index in [9.17, 15) is 4.79 Å². The van der Waals surface area contributed by atoms with Gasteiger partial charge in [-0.1, -0.05) is 0 Å². The van der Waals surface area contributed by atoms with Crippen LogP contribution < -0.4 is 5.32 Å². The smallest absolute Gasteiger partial charge is 0.325 e. The van der Waals surface area contributed by atoms with E-state index in [4.69, 9.17) is 9.47 Å². The van der Waals surface area contributed by atoms with E-state index in [-0.39, 0.29) is 18.2 Å². The normalized spacial score (nSPS) is 13.6. The number of esters is 1. The van der Waals surface area contributed by atoms with Crippen molar-refractivity contribution in [3.05, 3.63) is 0 Å². The van der Waals surface area contributed by atoms with Crippen LogP contribution in [-0.4, -0.2) is 51.6 Å². The van der Waals surface area contributed by atoms with Gasteiger partial charge in [-0.05, 0) is 27.8 Å². The van der Waals surface area contributed by atoms with Gasteiger partial charge in [0, 0.05) is 0 Å². The van der Waals surface area contributed by atoms with E-state index in [2.05, 4.69) is 10.1 Å². The maximum Gasteiger partial charge on any atom is 0.325 e. The lowest BCUT2D eigenvalue weighted by molar-refractivity contribution is -0.145. The number of rotatable bonds is 7.